The molecule has 3 rings (SSSR count). The lowest BCUT2D eigenvalue weighted by atomic mass is 10.0. The van der Waals surface area contributed by atoms with Gasteiger partial charge in [0, 0.05) is 35.1 Å². The number of carbonyl (C=O) groups is 1. The predicted molar refractivity (Wildman–Crippen MR) is 90.9 cm³/mol. The molecular formula is C16H20Cl2N2O2. The monoisotopic (exact) mass is 342 g/mol. The third-order valence-corrected chi connectivity index (χ3v) is 4.49. The van der Waals surface area contributed by atoms with Crippen LogP contribution in [0.15, 0.2) is 22.6 Å². The molecule has 2 heterocycles. The smallest absolute Gasteiger partial charge is 0.290 e. The summed E-state index contributed by atoms with van der Waals surface area (Å²) >= 11 is 6.02. The van der Waals surface area contributed by atoms with Gasteiger partial charge in [-0.3, -0.25) is 4.79 Å². The van der Waals surface area contributed by atoms with Crippen LogP contribution in [0.3, 0.4) is 0 Å². The van der Waals surface area contributed by atoms with Crippen LogP contribution in [0.4, 0.5) is 0 Å². The van der Waals surface area contributed by atoms with Gasteiger partial charge in [0.15, 0.2) is 5.76 Å². The number of nitrogens with two attached hydrogens (primary N) is 1. The minimum Gasteiger partial charge on any atom is -0.451 e. The van der Waals surface area contributed by atoms with Gasteiger partial charge in [-0.1, -0.05) is 11.6 Å². The molecule has 2 aromatic rings. The molecule has 0 saturated carbocycles. The van der Waals surface area contributed by atoms with Crippen molar-refractivity contribution in [3.05, 3.63) is 34.5 Å². The quantitative estimate of drug-likeness (QED) is 0.903. The van der Waals surface area contributed by atoms with Gasteiger partial charge in [0.05, 0.1) is 0 Å². The van der Waals surface area contributed by atoms with Gasteiger partial charge in [0.2, 0.25) is 0 Å². The number of nitrogens with zero attached hydrogens (tertiary/aromatic N) is 1. The zero-order valence-electron chi connectivity index (χ0n) is 12.5. The topological polar surface area (TPSA) is 59.5 Å². The van der Waals surface area contributed by atoms with Crippen LogP contribution in [-0.4, -0.2) is 29.9 Å². The Morgan fingerprint density at radius 2 is 2.23 bits per heavy atom. The largest absolute Gasteiger partial charge is 0.451 e. The molecule has 4 nitrogen and oxygen atoms in total. The van der Waals surface area contributed by atoms with Crippen LogP contribution in [0.25, 0.3) is 11.0 Å². The maximum absolute atomic E-state index is 12.8. The first-order valence-electron chi connectivity index (χ1n) is 7.31. The summed E-state index contributed by atoms with van der Waals surface area (Å²) in [5.41, 5.74) is 7.34. The Bertz CT molecular complexity index is 684. The number of rotatable bonds is 2. The van der Waals surface area contributed by atoms with Crippen molar-refractivity contribution in [2.24, 2.45) is 5.73 Å². The Kier molecular flexibility index (Phi) is 5.37. The number of amides is 1. The van der Waals surface area contributed by atoms with E-state index in [9.17, 15) is 4.79 Å². The number of carbonyl (C=O) groups excluding carboxylic acids is 1. The summed E-state index contributed by atoms with van der Waals surface area (Å²) < 4.78 is 5.77. The highest BCUT2D eigenvalue weighted by molar-refractivity contribution is 6.31. The molecule has 1 aromatic heterocycles. The van der Waals surface area contributed by atoms with E-state index >= 15 is 0 Å². The van der Waals surface area contributed by atoms with Crippen molar-refractivity contribution in [2.45, 2.75) is 32.2 Å². The van der Waals surface area contributed by atoms with Gasteiger partial charge >= 0.3 is 0 Å². The van der Waals surface area contributed by atoms with E-state index in [-0.39, 0.29) is 24.4 Å². The molecule has 1 saturated heterocycles. The fourth-order valence-electron chi connectivity index (χ4n) is 3.04. The number of fused-ring (bicyclic) bond motifs is 1. The number of likely N-dealkylation sites (tertiary alicyclic amines) is 1. The van der Waals surface area contributed by atoms with E-state index in [4.69, 9.17) is 21.8 Å². The standard InChI is InChI=1S/C16H19ClN2O2.ClH/c1-10-13-8-11(17)5-6-14(13)21-15(10)16(20)19-7-3-2-4-12(19)9-18;/h5-6,8,12H,2-4,7,9,18H2,1H3;1H. The number of hydrogen-bond acceptors (Lipinski definition) is 3. The molecule has 22 heavy (non-hydrogen) atoms. The summed E-state index contributed by atoms with van der Waals surface area (Å²) in [4.78, 5) is 14.6. The molecule has 1 aliphatic heterocycles. The Balaban J connectivity index is 0.00000176. The van der Waals surface area contributed by atoms with Crippen molar-refractivity contribution in [3.63, 3.8) is 0 Å². The highest BCUT2D eigenvalue weighted by Crippen LogP contribution is 2.30. The summed E-state index contributed by atoms with van der Waals surface area (Å²) in [5.74, 6) is 0.350. The molecule has 0 aliphatic carbocycles. The van der Waals surface area contributed by atoms with Crippen molar-refractivity contribution < 1.29 is 9.21 Å². The van der Waals surface area contributed by atoms with Crippen molar-refractivity contribution in [3.8, 4) is 0 Å². The van der Waals surface area contributed by atoms with Crippen LogP contribution in [0.1, 0.15) is 35.4 Å². The highest BCUT2D eigenvalue weighted by Gasteiger charge is 2.30. The summed E-state index contributed by atoms with van der Waals surface area (Å²) in [6.45, 7) is 3.14. The molecule has 120 valence electrons. The SMILES string of the molecule is Cc1c(C(=O)N2CCCCC2CN)oc2ccc(Cl)cc12.Cl. The van der Waals surface area contributed by atoms with E-state index in [2.05, 4.69) is 0 Å². The van der Waals surface area contributed by atoms with Crippen LogP contribution >= 0.6 is 24.0 Å². The van der Waals surface area contributed by atoms with Crippen molar-refractivity contribution in [2.75, 3.05) is 13.1 Å². The van der Waals surface area contributed by atoms with Gasteiger partial charge in [-0.25, -0.2) is 0 Å². The van der Waals surface area contributed by atoms with E-state index < -0.39 is 0 Å². The molecule has 1 unspecified atom stereocenters. The second-order valence-corrected chi connectivity index (χ2v) is 6.02. The minimum absolute atomic E-state index is 0. The van der Waals surface area contributed by atoms with E-state index in [1.54, 1.807) is 12.1 Å². The third kappa shape index (κ3) is 2.96. The molecule has 1 atom stereocenters. The van der Waals surface area contributed by atoms with E-state index in [1.807, 2.05) is 17.9 Å². The second-order valence-electron chi connectivity index (χ2n) is 5.58. The number of benzene rings is 1. The number of piperidine rings is 1. The van der Waals surface area contributed by atoms with E-state index in [0.717, 1.165) is 36.8 Å². The number of halogens is 2. The summed E-state index contributed by atoms with van der Waals surface area (Å²) in [7, 11) is 0. The average molecular weight is 343 g/mol. The van der Waals surface area contributed by atoms with Gasteiger partial charge in [-0.05, 0) is 44.4 Å². The molecule has 1 aromatic carbocycles. The fourth-order valence-corrected chi connectivity index (χ4v) is 3.21. The van der Waals surface area contributed by atoms with Gasteiger partial charge < -0.3 is 15.1 Å². The van der Waals surface area contributed by atoms with Crippen LogP contribution < -0.4 is 5.73 Å². The minimum atomic E-state index is -0.0602. The first-order chi connectivity index (χ1) is 10.1. The highest BCUT2D eigenvalue weighted by atomic mass is 35.5. The third-order valence-electron chi connectivity index (χ3n) is 4.25. The lowest BCUT2D eigenvalue weighted by Crippen LogP contribution is -2.47. The molecule has 1 fully saturated rings. The number of hydrogen-bond donors (Lipinski definition) is 1. The molecule has 1 amide bonds. The molecule has 0 radical (unpaired) electrons. The second kappa shape index (κ2) is 6.90. The van der Waals surface area contributed by atoms with Crippen LogP contribution in [0, 0.1) is 6.92 Å². The number of aryl methyl sites for hydroxylation is 1. The number of furan rings is 1. The van der Waals surface area contributed by atoms with Crippen LogP contribution in [0.5, 0.6) is 0 Å². The average Bonchev–Trinajstić information content (AvgIpc) is 2.83. The Morgan fingerprint density at radius 1 is 1.45 bits per heavy atom. The Hall–Kier alpha value is -1.23. The molecule has 6 heteroatoms. The Morgan fingerprint density at radius 3 is 2.95 bits per heavy atom. The van der Waals surface area contributed by atoms with Crippen LogP contribution in [0.2, 0.25) is 5.02 Å². The zero-order valence-corrected chi connectivity index (χ0v) is 14.0. The first-order valence-corrected chi connectivity index (χ1v) is 7.69. The van der Waals surface area contributed by atoms with E-state index in [1.165, 1.54) is 0 Å². The van der Waals surface area contributed by atoms with Crippen LogP contribution in [-0.2, 0) is 0 Å². The molecule has 1 aliphatic rings. The van der Waals surface area contributed by atoms with Gasteiger partial charge in [0.1, 0.15) is 5.58 Å². The normalized spacial score (nSPS) is 18.3. The summed E-state index contributed by atoms with van der Waals surface area (Å²) in [5, 5.41) is 1.54. The van der Waals surface area contributed by atoms with Gasteiger partial charge in [-0.2, -0.15) is 0 Å². The maximum Gasteiger partial charge on any atom is 0.290 e. The molecule has 0 spiro atoms. The van der Waals surface area contributed by atoms with Crippen molar-refractivity contribution in [1.29, 1.82) is 0 Å². The van der Waals surface area contributed by atoms with Gasteiger partial charge in [-0.15, -0.1) is 12.4 Å². The predicted octanol–water partition coefficient (Wildman–Crippen LogP) is 3.77. The fraction of sp³-hybridized carbons (Fsp3) is 0.438. The molecular weight excluding hydrogens is 323 g/mol. The van der Waals surface area contributed by atoms with Crippen molar-refractivity contribution in [1.82, 2.24) is 4.90 Å². The first kappa shape index (κ1) is 17.1. The van der Waals surface area contributed by atoms with E-state index in [0.29, 0.717) is 22.9 Å². The maximum atomic E-state index is 12.8. The molecule has 0 bridgehead atoms. The lowest BCUT2D eigenvalue weighted by Gasteiger charge is -2.34. The zero-order chi connectivity index (χ0) is 15.0. The van der Waals surface area contributed by atoms with Crippen molar-refractivity contribution >= 4 is 40.9 Å². The summed E-state index contributed by atoms with van der Waals surface area (Å²) in [6.07, 6.45) is 3.11. The molecule has 2 N–H and O–H groups in total. The summed E-state index contributed by atoms with van der Waals surface area (Å²) in [6, 6.07) is 5.52. The lowest BCUT2D eigenvalue weighted by molar-refractivity contribution is 0.0592. The van der Waals surface area contributed by atoms with Gasteiger partial charge in [0.25, 0.3) is 5.91 Å². The Labute approximate surface area is 141 Å².